The van der Waals surface area contributed by atoms with Crippen molar-refractivity contribution in [3.8, 4) is 0 Å². The Kier molecular flexibility index (Phi) is 4.82. The highest BCUT2D eigenvalue weighted by molar-refractivity contribution is 5.65. The van der Waals surface area contributed by atoms with Gasteiger partial charge in [-0.1, -0.05) is 0 Å². The molecule has 0 spiro atoms. The molecular formula is C5H11NO4. The zero-order valence-electron chi connectivity index (χ0n) is 5.70. The Labute approximate surface area is 58.6 Å². The predicted molar refractivity (Wildman–Crippen MR) is 32.9 cm³/mol. The lowest BCUT2D eigenvalue weighted by atomic mass is 10.4. The summed E-state index contributed by atoms with van der Waals surface area (Å²) < 4.78 is 0. The molecule has 1 unspecified atom stereocenters. The molecule has 10 heavy (non-hydrogen) atoms. The van der Waals surface area contributed by atoms with Crippen molar-refractivity contribution >= 4 is 5.97 Å². The monoisotopic (exact) mass is 149 g/mol. The summed E-state index contributed by atoms with van der Waals surface area (Å²) in [7, 11) is 0. The highest BCUT2D eigenvalue weighted by Crippen LogP contribution is 1.76. The quantitative estimate of drug-likeness (QED) is 0.420. The van der Waals surface area contributed by atoms with E-state index in [0.717, 1.165) is 0 Å². The highest BCUT2D eigenvalue weighted by atomic mass is 16.7. The number of rotatable bonds is 4. The molecule has 0 aromatic heterocycles. The minimum atomic E-state index is -0.889. The molecule has 0 radical (unpaired) electrons. The smallest absolute Gasteiger partial charge is 0.321 e. The minimum Gasteiger partial charge on any atom is -0.394 e. The maximum Gasteiger partial charge on any atom is 0.321 e. The van der Waals surface area contributed by atoms with Gasteiger partial charge in [-0.25, -0.2) is 0 Å². The molecule has 0 saturated heterocycles. The van der Waals surface area contributed by atoms with Gasteiger partial charge in [-0.05, 0) is 0 Å². The Bertz CT molecular complexity index is 106. The Morgan fingerprint density at radius 2 is 2.40 bits per heavy atom. The van der Waals surface area contributed by atoms with Crippen LogP contribution in [0.15, 0.2) is 0 Å². The standard InChI is InChI=1S/C5H11NO4/c1-4(8)10-6-2-5(9)3-7/h5-7,9H,2-3H2,1H3. The Hall–Kier alpha value is -0.650. The Morgan fingerprint density at radius 3 is 2.80 bits per heavy atom. The van der Waals surface area contributed by atoms with E-state index in [4.69, 9.17) is 10.2 Å². The number of carbonyl (C=O) groups is 1. The molecule has 3 N–H and O–H groups in total. The number of hydroxylamine groups is 1. The van der Waals surface area contributed by atoms with Gasteiger partial charge in [-0.15, -0.1) is 0 Å². The van der Waals surface area contributed by atoms with Gasteiger partial charge in [0, 0.05) is 6.92 Å². The SMILES string of the molecule is CC(=O)ONCC(O)CO. The van der Waals surface area contributed by atoms with E-state index in [1.165, 1.54) is 6.92 Å². The van der Waals surface area contributed by atoms with Crippen LogP contribution in [0.25, 0.3) is 0 Å². The Balaban J connectivity index is 3.11. The third-order valence-electron chi connectivity index (χ3n) is 0.746. The first kappa shape index (κ1) is 9.35. The minimum absolute atomic E-state index is 0.0378. The first-order valence-corrected chi connectivity index (χ1v) is 2.86. The highest BCUT2D eigenvalue weighted by Gasteiger charge is 2.00. The zero-order chi connectivity index (χ0) is 7.98. The first-order chi connectivity index (χ1) is 4.66. The Morgan fingerprint density at radius 1 is 1.80 bits per heavy atom. The van der Waals surface area contributed by atoms with Crippen LogP contribution in [0, 0.1) is 0 Å². The summed E-state index contributed by atoms with van der Waals surface area (Å²) >= 11 is 0. The molecule has 0 aliphatic heterocycles. The summed E-state index contributed by atoms with van der Waals surface area (Å²) in [5.74, 6) is -0.481. The topological polar surface area (TPSA) is 78.8 Å². The number of carbonyl (C=O) groups excluding carboxylic acids is 1. The molecule has 0 heterocycles. The number of aliphatic hydroxyl groups excluding tert-OH is 2. The zero-order valence-corrected chi connectivity index (χ0v) is 5.70. The van der Waals surface area contributed by atoms with Crippen molar-refractivity contribution in [2.45, 2.75) is 13.0 Å². The van der Waals surface area contributed by atoms with Gasteiger partial charge in [0.25, 0.3) is 0 Å². The van der Waals surface area contributed by atoms with E-state index in [1.807, 2.05) is 0 Å². The maximum absolute atomic E-state index is 10.1. The van der Waals surface area contributed by atoms with E-state index >= 15 is 0 Å². The summed E-state index contributed by atoms with van der Waals surface area (Å²) in [5, 5.41) is 16.9. The van der Waals surface area contributed by atoms with E-state index in [2.05, 4.69) is 10.3 Å². The molecule has 0 aliphatic rings. The molecule has 0 rings (SSSR count). The van der Waals surface area contributed by atoms with Crippen LogP contribution in [0.1, 0.15) is 6.92 Å². The number of hydrogen-bond donors (Lipinski definition) is 3. The summed E-state index contributed by atoms with van der Waals surface area (Å²) in [6.45, 7) is 0.919. The molecule has 60 valence electrons. The van der Waals surface area contributed by atoms with Gasteiger partial charge in [0.05, 0.1) is 19.3 Å². The fourth-order valence-corrected chi connectivity index (χ4v) is 0.304. The number of nitrogens with one attached hydrogen (secondary N) is 1. The first-order valence-electron chi connectivity index (χ1n) is 2.86. The van der Waals surface area contributed by atoms with Crippen LogP contribution in [0.4, 0.5) is 0 Å². The van der Waals surface area contributed by atoms with Crippen LogP contribution in [0.2, 0.25) is 0 Å². The normalized spacial score (nSPS) is 12.7. The van der Waals surface area contributed by atoms with Gasteiger partial charge in [0.15, 0.2) is 0 Å². The largest absolute Gasteiger partial charge is 0.394 e. The van der Waals surface area contributed by atoms with Gasteiger partial charge >= 0.3 is 5.97 Å². The third kappa shape index (κ3) is 5.49. The molecule has 0 bridgehead atoms. The fourth-order valence-electron chi connectivity index (χ4n) is 0.304. The lowest BCUT2D eigenvalue weighted by Crippen LogP contribution is -2.30. The van der Waals surface area contributed by atoms with Gasteiger partial charge in [-0.3, -0.25) is 4.79 Å². The predicted octanol–water partition coefficient (Wildman–Crippen LogP) is -1.59. The van der Waals surface area contributed by atoms with Crippen molar-refractivity contribution in [2.75, 3.05) is 13.2 Å². The fraction of sp³-hybridized carbons (Fsp3) is 0.800. The van der Waals surface area contributed by atoms with Crippen LogP contribution in [0.3, 0.4) is 0 Å². The van der Waals surface area contributed by atoms with Crippen molar-refractivity contribution in [1.29, 1.82) is 0 Å². The van der Waals surface area contributed by atoms with Crippen molar-refractivity contribution in [2.24, 2.45) is 0 Å². The average Bonchev–Trinajstić information content (AvgIpc) is 1.87. The van der Waals surface area contributed by atoms with Crippen molar-refractivity contribution in [3.05, 3.63) is 0 Å². The molecule has 1 atom stereocenters. The summed E-state index contributed by atoms with van der Waals surface area (Å²) in [4.78, 5) is 14.3. The van der Waals surface area contributed by atoms with Gasteiger partial charge < -0.3 is 15.1 Å². The van der Waals surface area contributed by atoms with Crippen LogP contribution >= 0.6 is 0 Å². The van der Waals surface area contributed by atoms with Gasteiger partial charge in [-0.2, -0.15) is 5.48 Å². The molecule has 5 heteroatoms. The van der Waals surface area contributed by atoms with E-state index in [1.54, 1.807) is 0 Å². The van der Waals surface area contributed by atoms with Crippen molar-refractivity contribution in [1.82, 2.24) is 5.48 Å². The summed E-state index contributed by atoms with van der Waals surface area (Å²) in [6, 6.07) is 0. The van der Waals surface area contributed by atoms with E-state index in [-0.39, 0.29) is 13.2 Å². The maximum atomic E-state index is 10.1. The molecule has 0 aromatic carbocycles. The number of hydrogen-bond acceptors (Lipinski definition) is 5. The molecule has 0 saturated carbocycles. The average molecular weight is 149 g/mol. The van der Waals surface area contributed by atoms with E-state index in [9.17, 15) is 4.79 Å². The third-order valence-corrected chi connectivity index (χ3v) is 0.746. The van der Waals surface area contributed by atoms with Crippen molar-refractivity contribution in [3.63, 3.8) is 0 Å². The van der Waals surface area contributed by atoms with Crippen LogP contribution in [0.5, 0.6) is 0 Å². The molecular weight excluding hydrogens is 138 g/mol. The molecule has 5 nitrogen and oxygen atoms in total. The second-order valence-corrected chi connectivity index (χ2v) is 1.78. The van der Waals surface area contributed by atoms with Gasteiger partial charge in [0.2, 0.25) is 0 Å². The van der Waals surface area contributed by atoms with E-state index in [0.29, 0.717) is 0 Å². The lowest BCUT2D eigenvalue weighted by molar-refractivity contribution is -0.149. The van der Waals surface area contributed by atoms with E-state index < -0.39 is 12.1 Å². The summed E-state index contributed by atoms with van der Waals surface area (Å²) in [5.41, 5.74) is 2.18. The molecule has 0 aliphatic carbocycles. The number of aliphatic hydroxyl groups is 2. The second kappa shape index (κ2) is 5.16. The lowest BCUT2D eigenvalue weighted by Gasteiger charge is -2.06. The molecule has 0 amide bonds. The van der Waals surface area contributed by atoms with Crippen LogP contribution in [-0.2, 0) is 9.63 Å². The molecule has 0 aromatic rings. The molecule has 0 fully saturated rings. The second-order valence-electron chi connectivity index (χ2n) is 1.78. The van der Waals surface area contributed by atoms with Gasteiger partial charge in [0.1, 0.15) is 0 Å². The van der Waals surface area contributed by atoms with Crippen molar-refractivity contribution < 1.29 is 19.8 Å². The summed E-state index contributed by atoms with van der Waals surface area (Å²) in [6.07, 6.45) is -0.889. The van der Waals surface area contributed by atoms with Crippen LogP contribution < -0.4 is 5.48 Å². The van der Waals surface area contributed by atoms with Crippen LogP contribution in [-0.4, -0.2) is 35.4 Å².